The van der Waals surface area contributed by atoms with Crippen molar-refractivity contribution in [3.8, 4) is 5.75 Å². The SMILES string of the molecule is Cc1c(Cl)cccc1N=Cc1ccc(OCC(=O)O)c(Br)c1. The maximum atomic E-state index is 10.5. The molecule has 0 amide bonds. The van der Waals surface area contributed by atoms with Crippen LogP contribution in [0.5, 0.6) is 5.75 Å². The monoisotopic (exact) mass is 381 g/mol. The van der Waals surface area contributed by atoms with Gasteiger partial charge in [0.1, 0.15) is 5.75 Å². The Morgan fingerprint density at radius 1 is 1.41 bits per heavy atom. The molecule has 0 fully saturated rings. The van der Waals surface area contributed by atoms with Crippen LogP contribution < -0.4 is 4.74 Å². The lowest BCUT2D eigenvalue weighted by Gasteiger charge is -2.06. The third kappa shape index (κ3) is 4.32. The summed E-state index contributed by atoms with van der Waals surface area (Å²) in [5, 5.41) is 9.28. The van der Waals surface area contributed by atoms with Gasteiger partial charge in [-0.3, -0.25) is 4.99 Å². The number of aliphatic carboxylic acids is 1. The number of benzene rings is 2. The van der Waals surface area contributed by atoms with Crippen molar-refractivity contribution in [2.45, 2.75) is 6.92 Å². The van der Waals surface area contributed by atoms with Gasteiger partial charge in [0.2, 0.25) is 0 Å². The molecule has 0 heterocycles. The van der Waals surface area contributed by atoms with E-state index in [1.54, 1.807) is 24.4 Å². The molecule has 0 spiro atoms. The van der Waals surface area contributed by atoms with Gasteiger partial charge >= 0.3 is 5.97 Å². The molecule has 0 saturated heterocycles. The number of ether oxygens (including phenoxy) is 1. The van der Waals surface area contributed by atoms with Crippen LogP contribution in [0.4, 0.5) is 5.69 Å². The molecule has 0 bridgehead atoms. The molecule has 0 aromatic heterocycles. The van der Waals surface area contributed by atoms with Gasteiger partial charge in [-0.2, -0.15) is 0 Å². The minimum absolute atomic E-state index is 0.381. The molecular formula is C16H13BrClNO3. The molecule has 1 N–H and O–H groups in total. The van der Waals surface area contributed by atoms with Gasteiger partial charge in [0, 0.05) is 11.2 Å². The van der Waals surface area contributed by atoms with Crippen molar-refractivity contribution in [1.82, 2.24) is 0 Å². The van der Waals surface area contributed by atoms with E-state index in [-0.39, 0.29) is 6.61 Å². The van der Waals surface area contributed by atoms with Gasteiger partial charge in [0.05, 0.1) is 10.2 Å². The van der Waals surface area contributed by atoms with Crippen molar-refractivity contribution in [3.05, 3.63) is 57.0 Å². The standard InChI is InChI=1S/C16H13BrClNO3/c1-10-13(18)3-2-4-14(10)19-8-11-5-6-15(12(17)7-11)22-9-16(20)21/h2-8H,9H2,1H3,(H,20,21). The molecule has 2 aromatic carbocycles. The molecule has 6 heteroatoms. The highest BCUT2D eigenvalue weighted by Crippen LogP contribution is 2.27. The minimum Gasteiger partial charge on any atom is -0.481 e. The highest BCUT2D eigenvalue weighted by atomic mass is 79.9. The van der Waals surface area contributed by atoms with E-state index in [0.717, 1.165) is 16.8 Å². The van der Waals surface area contributed by atoms with Crippen molar-refractivity contribution in [2.24, 2.45) is 4.99 Å². The van der Waals surface area contributed by atoms with Gasteiger partial charge in [0.25, 0.3) is 0 Å². The lowest BCUT2D eigenvalue weighted by Crippen LogP contribution is -2.09. The summed E-state index contributed by atoms with van der Waals surface area (Å²) in [6.07, 6.45) is 1.71. The number of aliphatic imine (C=N–C) groups is 1. The van der Waals surface area contributed by atoms with E-state index in [2.05, 4.69) is 20.9 Å². The van der Waals surface area contributed by atoms with Crippen LogP contribution in [0.3, 0.4) is 0 Å². The molecule has 114 valence electrons. The summed E-state index contributed by atoms with van der Waals surface area (Å²) in [7, 11) is 0. The Morgan fingerprint density at radius 3 is 2.86 bits per heavy atom. The second-order valence-electron chi connectivity index (χ2n) is 4.51. The van der Waals surface area contributed by atoms with E-state index in [1.165, 1.54) is 0 Å². The zero-order valence-electron chi connectivity index (χ0n) is 11.7. The first kappa shape index (κ1) is 16.5. The van der Waals surface area contributed by atoms with Gasteiger partial charge in [-0.05, 0) is 64.3 Å². The third-order valence-corrected chi connectivity index (χ3v) is 3.93. The molecule has 2 aromatic rings. The van der Waals surface area contributed by atoms with Crippen molar-refractivity contribution in [2.75, 3.05) is 6.61 Å². The third-order valence-electron chi connectivity index (χ3n) is 2.90. The summed E-state index contributed by atoms with van der Waals surface area (Å²) in [5.74, 6) is -0.549. The molecule has 2 rings (SSSR count). The molecule has 0 saturated carbocycles. The second kappa shape index (κ2) is 7.42. The molecular weight excluding hydrogens is 370 g/mol. The Bertz CT molecular complexity index is 731. The number of nitrogens with zero attached hydrogens (tertiary/aromatic N) is 1. The van der Waals surface area contributed by atoms with Crippen LogP contribution in [0.25, 0.3) is 0 Å². The molecule has 0 aliphatic rings. The number of hydrogen-bond donors (Lipinski definition) is 1. The quantitative estimate of drug-likeness (QED) is 0.767. The Balaban J connectivity index is 2.16. The van der Waals surface area contributed by atoms with Crippen molar-refractivity contribution in [1.29, 1.82) is 0 Å². The molecule has 22 heavy (non-hydrogen) atoms. The van der Waals surface area contributed by atoms with E-state index in [1.807, 2.05) is 25.1 Å². The van der Waals surface area contributed by atoms with E-state index >= 15 is 0 Å². The lowest BCUT2D eigenvalue weighted by atomic mass is 10.2. The Hall–Kier alpha value is -1.85. The number of carboxylic acid groups (broad SMARTS) is 1. The van der Waals surface area contributed by atoms with Crippen molar-refractivity contribution in [3.63, 3.8) is 0 Å². The molecule has 0 aliphatic heterocycles. The normalized spacial score (nSPS) is 10.9. The number of carboxylic acids is 1. The van der Waals surface area contributed by atoms with E-state index in [9.17, 15) is 4.79 Å². The fourth-order valence-electron chi connectivity index (χ4n) is 1.73. The van der Waals surface area contributed by atoms with Gasteiger partial charge in [-0.1, -0.05) is 17.7 Å². The zero-order valence-corrected chi connectivity index (χ0v) is 14.1. The van der Waals surface area contributed by atoms with Crippen LogP contribution in [0.2, 0.25) is 5.02 Å². The van der Waals surface area contributed by atoms with E-state index in [0.29, 0.717) is 15.2 Å². The van der Waals surface area contributed by atoms with Crippen LogP contribution in [0.1, 0.15) is 11.1 Å². The van der Waals surface area contributed by atoms with E-state index < -0.39 is 5.97 Å². The fraction of sp³-hybridized carbons (Fsp3) is 0.125. The van der Waals surface area contributed by atoms with Crippen LogP contribution >= 0.6 is 27.5 Å². The minimum atomic E-state index is -1.02. The maximum Gasteiger partial charge on any atom is 0.341 e. The maximum absolute atomic E-state index is 10.5. The Morgan fingerprint density at radius 2 is 2.18 bits per heavy atom. The largest absolute Gasteiger partial charge is 0.481 e. The predicted octanol–water partition coefficient (Wildman–Crippen LogP) is 4.62. The highest BCUT2D eigenvalue weighted by molar-refractivity contribution is 9.10. The molecule has 0 aliphatic carbocycles. The number of halogens is 2. The average Bonchev–Trinajstić information content (AvgIpc) is 2.47. The Kier molecular flexibility index (Phi) is 5.57. The predicted molar refractivity (Wildman–Crippen MR) is 90.7 cm³/mol. The zero-order chi connectivity index (χ0) is 16.1. The second-order valence-corrected chi connectivity index (χ2v) is 5.78. The first-order chi connectivity index (χ1) is 10.5. The number of hydrogen-bond acceptors (Lipinski definition) is 3. The summed E-state index contributed by atoms with van der Waals surface area (Å²) in [6.45, 7) is 1.53. The van der Waals surface area contributed by atoms with Crippen LogP contribution in [0.15, 0.2) is 45.9 Å². The highest BCUT2D eigenvalue weighted by Gasteiger charge is 2.05. The summed E-state index contributed by atoms with van der Waals surface area (Å²) < 4.78 is 5.81. The van der Waals surface area contributed by atoms with Gasteiger partial charge in [-0.15, -0.1) is 0 Å². The fourth-order valence-corrected chi connectivity index (χ4v) is 2.41. The molecule has 0 unspecified atom stereocenters. The summed E-state index contributed by atoms with van der Waals surface area (Å²) >= 11 is 9.40. The number of rotatable bonds is 5. The van der Waals surface area contributed by atoms with Crippen LogP contribution in [-0.2, 0) is 4.79 Å². The van der Waals surface area contributed by atoms with Crippen LogP contribution in [-0.4, -0.2) is 23.9 Å². The van der Waals surface area contributed by atoms with Crippen molar-refractivity contribution < 1.29 is 14.6 Å². The van der Waals surface area contributed by atoms with Gasteiger partial charge in [-0.25, -0.2) is 4.79 Å². The molecule has 0 atom stereocenters. The molecule has 0 radical (unpaired) electrons. The Labute approximate surface area is 141 Å². The van der Waals surface area contributed by atoms with Gasteiger partial charge < -0.3 is 9.84 Å². The first-order valence-corrected chi connectivity index (χ1v) is 7.58. The van der Waals surface area contributed by atoms with Crippen molar-refractivity contribution >= 4 is 45.4 Å². The summed E-state index contributed by atoms with van der Waals surface area (Å²) in [6, 6.07) is 10.9. The average molecular weight is 383 g/mol. The van der Waals surface area contributed by atoms with E-state index in [4.69, 9.17) is 21.4 Å². The van der Waals surface area contributed by atoms with Gasteiger partial charge in [0.15, 0.2) is 6.61 Å². The first-order valence-electron chi connectivity index (χ1n) is 6.40. The lowest BCUT2D eigenvalue weighted by molar-refractivity contribution is -0.139. The molecule has 4 nitrogen and oxygen atoms in total. The summed E-state index contributed by atoms with van der Waals surface area (Å²) in [5.41, 5.74) is 2.57. The number of carbonyl (C=O) groups is 1. The van der Waals surface area contributed by atoms with Crippen LogP contribution in [0, 0.1) is 6.92 Å². The smallest absolute Gasteiger partial charge is 0.341 e. The topological polar surface area (TPSA) is 58.9 Å². The summed E-state index contributed by atoms with van der Waals surface area (Å²) in [4.78, 5) is 14.9.